The van der Waals surface area contributed by atoms with E-state index in [1.54, 1.807) is 0 Å². The molecule has 0 aromatic heterocycles. The number of rotatable bonds is 17. The van der Waals surface area contributed by atoms with Crippen LogP contribution in [0, 0.1) is 11.8 Å². The van der Waals surface area contributed by atoms with Crippen molar-refractivity contribution in [3.63, 3.8) is 0 Å². The molecule has 0 unspecified atom stereocenters. The molecule has 0 aliphatic carbocycles. The summed E-state index contributed by atoms with van der Waals surface area (Å²) in [6, 6.07) is 17.9. The summed E-state index contributed by atoms with van der Waals surface area (Å²) in [5.74, 6) is -0.599. The predicted molar refractivity (Wildman–Crippen MR) is 150 cm³/mol. The molecule has 8 heteroatoms. The Morgan fingerprint density at radius 1 is 0.692 bits per heavy atom. The molecule has 0 bridgehead atoms. The zero-order valence-electron chi connectivity index (χ0n) is 24.1. The lowest BCUT2D eigenvalue weighted by atomic mass is 9.94. The largest absolute Gasteiger partial charge is 0.464 e. The molecule has 0 spiro atoms. The highest BCUT2D eigenvalue weighted by atomic mass is 16.6. The van der Waals surface area contributed by atoms with Gasteiger partial charge in [-0.05, 0) is 38.8 Å². The van der Waals surface area contributed by atoms with Crippen LogP contribution >= 0.6 is 0 Å². The Morgan fingerprint density at radius 3 is 1.82 bits per heavy atom. The van der Waals surface area contributed by atoms with Gasteiger partial charge in [-0.1, -0.05) is 74.5 Å². The maximum atomic E-state index is 13.1. The van der Waals surface area contributed by atoms with E-state index in [-0.39, 0.29) is 50.0 Å². The molecule has 0 aliphatic rings. The van der Waals surface area contributed by atoms with E-state index in [9.17, 15) is 9.59 Å². The highest BCUT2D eigenvalue weighted by Crippen LogP contribution is 2.21. The molecule has 8 nitrogen and oxygen atoms in total. The number of carbonyl (C=O) groups excluding carboxylic acids is 2. The van der Waals surface area contributed by atoms with Gasteiger partial charge < -0.3 is 29.0 Å². The van der Waals surface area contributed by atoms with Gasteiger partial charge in [0, 0.05) is 11.8 Å². The van der Waals surface area contributed by atoms with Crippen molar-refractivity contribution in [2.75, 3.05) is 19.8 Å². The first-order chi connectivity index (χ1) is 18.7. The lowest BCUT2D eigenvalue weighted by Gasteiger charge is -2.31. The molecule has 0 aliphatic heterocycles. The first-order valence-electron chi connectivity index (χ1n) is 13.7. The summed E-state index contributed by atoms with van der Waals surface area (Å²) in [6.07, 6.45) is -0.773. The number of alkyl carbamates (subject to hydrolysis) is 1. The van der Waals surface area contributed by atoms with Gasteiger partial charge in [-0.2, -0.15) is 0 Å². The van der Waals surface area contributed by atoms with E-state index in [0.29, 0.717) is 13.2 Å². The smallest absolute Gasteiger partial charge is 0.408 e. The standard InChI is InChI=1S/C31H45NO7/c1-22(2)36-17-24(5)29(39-23(3)4)25(6)18-37-30(33)28(21-35-19-26-13-9-7-10-14-26)32-31(34)38-20-27-15-11-8-12-16-27/h7-16,22-25,28-29H,17-21H2,1-6H3,(H,32,34)/t24-,25-,28-,29-/m0/s1. The average molecular weight is 544 g/mol. The minimum atomic E-state index is -1.03. The van der Waals surface area contributed by atoms with Crippen molar-refractivity contribution in [2.45, 2.75) is 79.1 Å². The van der Waals surface area contributed by atoms with Gasteiger partial charge in [0.15, 0.2) is 6.04 Å². The van der Waals surface area contributed by atoms with E-state index in [1.807, 2.05) is 95.3 Å². The second-order valence-electron chi connectivity index (χ2n) is 10.4. The normalized spacial score (nSPS) is 14.5. The average Bonchev–Trinajstić information content (AvgIpc) is 2.92. The van der Waals surface area contributed by atoms with Crippen LogP contribution in [0.15, 0.2) is 60.7 Å². The summed E-state index contributed by atoms with van der Waals surface area (Å²) >= 11 is 0. The second kappa shape index (κ2) is 17.6. The molecule has 0 saturated carbocycles. The van der Waals surface area contributed by atoms with Gasteiger partial charge in [-0.3, -0.25) is 0 Å². The molecule has 0 fully saturated rings. The van der Waals surface area contributed by atoms with Gasteiger partial charge in [0.1, 0.15) is 6.61 Å². The second-order valence-corrected chi connectivity index (χ2v) is 10.4. The molecule has 1 N–H and O–H groups in total. The Hall–Kier alpha value is -2.94. The van der Waals surface area contributed by atoms with Crippen LogP contribution in [0.1, 0.15) is 52.7 Å². The van der Waals surface area contributed by atoms with Gasteiger partial charge in [-0.15, -0.1) is 0 Å². The molecule has 2 rings (SSSR count). The van der Waals surface area contributed by atoms with Crippen molar-refractivity contribution in [1.82, 2.24) is 5.32 Å². The molecular formula is C31H45NO7. The number of hydrogen-bond acceptors (Lipinski definition) is 7. The minimum Gasteiger partial charge on any atom is -0.464 e. The van der Waals surface area contributed by atoms with Gasteiger partial charge in [0.05, 0.1) is 44.7 Å². The Balaban J connectivity index is 1.98. The minimum absolute atomic E-state index is 0.00911. The molecule has 0 radical (unpaired) electrons. The Morgan fingerprint density at radius 2 is 1.26 bits per heavy atom. The topological polar surface area (TPSA) is 92.3 Å². The monoisotopic (exact) mass is 543 g/mol. The Labute approximate surface area is 233 Å². The summed E-state index contributed by atoms with van der Waals surface area (Å²) in [6.45, 7) is 13.0. The number of carbonyl (C=O) groups is 2. The zero-order chi connectivity index (χ0) is 28.6. The molecule has 1 amide bonds. The quantitative estimate of drug-likeness (QED) is 0.262. The van der Waals surface area contributed by atoms with Gasteiger partial charge in [-0.25, -0.2) is 9.59 Å². The number of nitrogens with one attached hydrogen (secondary N) is 1. The van der Waals surface area contributed by atoms with Gasteiger partial charge >= 0.3 is 12.1 Å². The van der Waals surface area contributed by atoms with E-state index < -0.39 is 18.1 Å². The SMILES string of the molecule is CC(C)OC[C@H](C)[C@H](OC(C)C)[C@@H](C)COC(=O)[C@H](COCc1ccccc1)NC(=O)OCc1ccccc1. The Kier molecular flexibility index (Phi) is 14.6. The maximum absolute atomic E-state index is 13.1. The van der Waals surface area contributed by atoms with E-state index in [4.69, 9.17) is 23.7 Å². The summed E-state index contributed by atoms with van der Waals surface area (Å²) in [5, 5.41) is 2.60. The fraction of sp³-hybridized carbons (Fsp3) is 0.548. The molecule has 2 aromatic carbocycles. The molecule has 0 heterocycles. The number of benzene rings is 2. The molecule has 216 valence electrons. The summed E-state index contributed by atoms with van der Waals surface area (Å²) in [5.41, 5.74) is 1.80. The highest BCUT2D eigenvalue weighted by molar-refractivity contribution is 5.81. The van der Waals surface area contributed by atoms with Crippen LogP contribution in [0.4, 0.5) is 4.79 Å². The maximum Gasteiger partial charge on any atom is 0.408 e. The lowest BCUT2D eigenvalue weighted by Crippen LogP contribution is -2.46. The molecule has 0 saturated heterocycles. The van der Waals surface area contributed by atoms with Gasteiger partial charge in [0.2, 0.25) is 0 Å². The van der Waals surface area contributed by atoms with E-state index >= 15 is 0 Å². The third-order valence-corrected chi connectivity index (χ3v) is 5.92. The van der Waals surface area contributed by atoms with Crippen LogP contribution in [0.25, 0.3) is 0 Å². The first-order valence-corrected chi connectivity index (χ1v) is 13.7. The molecule has 2 aromatic rings. The van der Waals surface area contributed by atoms with Crippen LogP contribution in [0.5, 0.6) is 0 Å². The summed E-state index contributed by atoms with van der Waals surface area (Å²) in [4.78, 5) is 25.6. The van der Waals surface area contributed by atoms with Crippen molar-refractivity contribution in [2.24, 2.45) is 11.8 Å². The summed E-state index contributed by atoms with van der Waals surface area (Å²) < 4.78 is 28.7. The fourth-order valence-electron chi connectivity index (χ4n) is 3.94. The van der Waals surface area contributed by atoms with Gasteiger partial charge in [0.25, 0.3) is 0 Å². The highest BCUT2D eigenvalue weighted by Gasteiger charge is 2.29. The van der Waals surface area contributed by atoms with Crippen LogP contribution in [-0.4, -0.2) is 56.2 Å². The van der Waals surface area contributed by atoms with E-state index in [1.165, 1.54) is 0 Å². The number of amides is 1. The lowest BCUT2D eigenvalue weighted by molar-refractivity contribution is -0.152. The van der Waals surface area contributed by atoms with E-state index in [2.05, 4.69) is 12.2 Å². The zero-order valence-corrected chi connectivity index (χ0v) is 24.1. The van der Waals surface area contributed by atoms with Crippen molar-refractivity contribution < 1.29 is 33.3 Å². The van der Waals surface area contributed by atoms with Crippen molar-refractivity contribution in [3.05, 3.63) is 71.8 Å². The fourth-order valence-corrected chi connectivity index (χ4v) is 3.94. The predicted octanol–water partition coefficient (Wildman–Crippen LogP) is 5.53. The van der Waals surface area contributed by atoms with Crippen molar-refractivity contribution in [3.8, 4) is 0 Å². The number of ether oxygens (including phenoxy) is 5. The molecule has 4 atom stereocenters. The third-order valence-electron chi connectivity index (χ3n) is 5.92. The van der Waals surface area contributed by atoms with Crippen LogP contribution in [-0.2, 0) is 41.7 Å². The number of hydrogen-bond donors (Lipinski definition) is 1. The van der Waals surface area contributed by atoms with Crippen molar-refractivity contribution >= 4 is 12.1 Å². The first kappa shape index (κ1) is 32.3. The van der Waals surface area contributed by atoms with Crippen LogP contribution in [0.3, 0.4) is 0 Å². The molecular weight excluding hydrogens is 498 g/mol. The third kappa shape index (κ3) is 13.1. The summed E-state index contributed by atoms with van der Waals surface area (Å²) in [7, 11) is 0. The van der Waals surface area contributed by atoms with Crippen LogP contribution < -0.4 is 5.32 Å². The van der Waals surface area contributed by atoms with Crippen molar-refractivity contribution in [1.29, 1.82) is 0 Å². The number of esters is 1. The van der Waals surface area contributed by atoms with Crippen LogP contribution in [0.2, 0.25) is 0 Å². The Bertz CT molecular complexity index is 952. The van der Waals surface area contributed by atoms with E-state index in [0.717, 1.165) is 11.1 Å². The molecule has 39 heavy (non-hydrogen) atoms.